The molecule has 0 spiro atoms. The first-order valence-electron chi connectivity index (χ1n) is 7.89. The maximum absolute atomic E-state index is 12.3. The zero-order valence-electron chi connectivity index (χ0n) is 14.6. The number of nitro benzene ring substituents is 1. The third kappa shape index (κ3) is 7.21. The molecule has 0 saturated heterocycles. The normalized spacial score (nSPS) is 10.6. The summed E-state index contributed by atoms with van der Waals surface area (Å²) in [4.78, 5) is 38.2. The van der Waals surface area contributed by atoms with Gasteiger partial charge in [0.1, 0.15) is 12.0 Å². The first-order chi connectivity index (χ1) is 13.8. The smallest absolute Gasteiger partial charge is 0.387 e. The summed E-state index contributed by atoms with van der Waals surface area (Å²) in [6.07, 6.45) is 0.722. The van der Waals surface area contributed by atoms with Crippen molar-refractivity contribution in [2.24, 2.45) is 5.16 Å². The maximum Gasteiger partial charge on any atom is 0.387 e. The fourth-order valence-corrected chi connectivity index (χ4v) is 2.01. The van der Waals surface area contributed by atoms with Crippen LogP contribution in [0.2, 0.25) is 0 Å². The Morgan fingerprint density at radius 2 is 1.93 bits per heavy atom. The predicted molar refractivity (Wildman–Crippen MR) is 97.9 cm³/mol. The summed E-state index contributed by atoms with van der Waals surface area (Å²) in [5.74, 6) is -1.70. The molecule has 0 aromatic heterocycles. The van der Waals surface area contributed by atoms with Gasteiger partial charge in [-0.2, -0.15) is 8.78 Å². The molecular formula is C17H14F2N4O6. The lowest BCUT2D eigenvalue weighted by atomic mass is 10.3. The second kappa shape index (κ2) is 10.3. The maximum atomic E-state index is 12.3. The van der Waals surface area contributed by atoms with Crippen molar-refractivity contribution in [2.75, 3.05) is 17.2 Å². The Morgan fingerprint density at radius 3 is 2.66 bits per heavy atom. The minimum Gasteiger partial charge on any atom is -0.433 e. The number of nitrogens with zero attached hydrogens (tertiary/aromatic N) is 2. The summed E-state index contributed by atoms with van der Waals surface area (Å²) in [6.45, 7) is -3.66. The third-order valence-electron chi connectivity index (χ3n) is 3.14. The van der Waals surface area contributed by atoms with Crippen molar-refractivity contribution in [1.29, 1.82) is 0 Å². The van der Waals surface area contributed by atoms with Gasteiger partial charge in [-0.1, -0.05) is 23.4 Å². The van der Waals surface area contributed by atoms with Crippen LogP contribution in [-0.2, 0) is 14.4 Å². The minimum atomic E-state index is -3.06. The van der Waals surface area contributed by atoms with E-state index in [1.54, 1.807) is 0 Å². The van der Waals surface area contributed by atoms with Crippen LogP contribution in [0.5, 0.6) is 5.75 Å². The Hall–Kier alpha value is -4.09. The summed E-state index contributed by atoms with van der Waals surface area (Å²) < 4.78 is 28.9. The zero-order valence-corrected chi connectivity index (χ0v) is 14.6. The SMILES string of the molecule is O=C(/C=N\OCC(=O)Nc1ccccc1OC(F)F)Nc1cccc([N+](=O)[O-])c1. The Kier molecular flexibility index (Phi) is 7.53. The molecule has 152 valence electrons. The van der Waals surface area contributed by atoms with E-state index in [0.717, 1.165) is 12.3 Å². The molecule has 0 aliphatic carbocycles. The van der Waals surface area contributed by atoms with E-state index < -0.39 is 30.0 Å². The van der Waals surface area contributed by atoms with Crippen molar-refractivity contribution in [1.82, 2.24) is 0 Å². The molecule has 0 fully saturated rings. The molecule has 0 radical (unpaired) electrons. The average Bonchev–Trinajstić information content (AvgIpc) is 2.66. The molecule has 2 N–H and O–H groups in total. The van der Waals surface area contributed by atoms with Crippen LogP contribution in [0.4, 0.5) is 25.8 Å². The highest BCUT2D eigenvalue weighted by Gasteiger charge is 2.12. The number of hydrogen-bond acceptors (Lipinski definition) is 7. The number of anilines is 2. The molecule has 0 atom stereocenters. The molecule has 0 heterocycles. The molecule has 2 rings (SSSR count). The number of non-ortho nitro benzene ring substituents is 1. The molecule has 2 aromatic carbocycles. The van der Waals surface area contributed by atoms with Crippen LogP contribution in [0.15, 0.2) is 53.7 Å². The fourth-order valence-electron chi connectivity index (χ4n) is 2.01. The van der Waals surface area contributed by atoms with Crippen molar-refractivity contribution in [3.05, 3.63) is 58.6 Å². The average molecular weight is 408 g/mol. The molecule has 29 heavy (non-hydrogen) atoms. The fraction of sp³-hybridized carbons (Fsp3) is 0.118. The number of ether oxygens (including phenoxy) is 1. The number of oxime groups is 1. The van der Waals surface area contributed by atoms with Crippen molar-refractivity contribution >= 4 is 35.1 Å². The van der Waals surface area contributed by atoms with Gasteiger partial charge in [0.2, 0.25) is 0 Å². The van der Waals surface area contributed by atoms with Gasteiger partial charge in [-0.3, -0.25) is 19.7 Å². The van der Waals surface area contributed by atoms with Gasteiger partial charge in [0.15, 0.2) is 6.61 Å². The van der Waals surface area contributed by atoms with Crippen molar-refractivity contribution in [3.63, 3.8) is 0 Å². The van der Waals surface area contributed by atoms with E-state index in [1.165, 1.54) is 42.5 Å². The summed E-state index contributed by atoms with van der Waals surface area (Å²) >= 11 is 0. The highest BCUT2D eigenvalue weighted by atomic mass is 19.3. The van der Waals surface area contributed by atoms with E-state index in [1.807, 2.05) is 0 Å². The van der Waals surface area contributed by atoms with Crippen LogP contribution in [0.3, 0.4) is 0 Å². The number of nitrogens with one attached hydrogen (secondary N) is 2. The van der Waals surface area contributed by atoms with Gasteiger partial charge in [-0.15, -0.1) is 0 Å². The molecule has 0 aliphatic rings. The molecule has 0 saturated carbocycles. The number of hydrogen-bond donors (Lipinski definition) is 2. The molecule has 0 bridgehead atoms. The van der Waals surface area contributed by atoms with Gasteiger partial charge in [-0.25, -0.2) is 0 Å². The lowest BCUT2D eigenvalue weighted by molar-refractivity contribution is -0.384. The van der Waals surface area contributed by atoms with E-state index in [9.17, 15) is 28.5 Å². The molecule has 12 heteroatoms. The van der Waals surface area contributed by atoms with Crippen molar-refractivity contribution in [2.45, 2.75) is 6.61 Å². The topological polar surface area (TPSA) is 132 Å². The largest absolute Gasteiger partial charge is 0.433 e. The Morgan fingerprint density at radius 1 is 1.17 bits per heavy atom. The van der Waals surface area contributed by atoms with Crippen molar-refractivity contribution < 1.29 is 32.9 Å². The summed E-state index contributed by atoms with van der Waals surface area (Å²) in [7, 11) is 0. The number of carbonyl (C=O) groups excluding carboxylic acids is 2. The van der Waals surface area contributed by atoms with Gasteiger partial charge in [0, 0.05) is 17.8 Å². The van der Waals surface area contributed by atoms with E-state index in [0.29, 0.717) is 0 Å². The second-order valence-electron chi connectivity index (χ2n) is 5.23. The Balaban J connectivity index is 1.81. The van der Waals surface area contributed by atoms with Gasteiger partial charge >= 0.3 is 6.61 Å². The summed E-state index contributed by atoms with van der Waals surface area (Å²) in [5.41, 5.74) is -0.0263. The van der Waals surface area contributed by atoms with E-state index in [4.69, 9.17) is 0 Å². The van der Waals surface area contributed by atoms with Crippen LogP contribution in [0.1, 0.15) is 0 Å². The Bertz CT molecular complexity index is 922. The van der Waals surface area contributed by atoms with Crippen molar-refractivity contribution in [3.8, 4) is 5.75 Å². The molecule has 2 amide bonds. The highest BCUT2D eigenvalue weighted by molar-refractivity contribution is 6.31. The van der Waals surface area contributed by atoms with Crippen LogP contribution in [0, 0.1) is 10.1 Å². The summed E-state index contributed by atoms with van der Waals surface area (Å²) in [5, 5.41) is 18.6. The molecular weight excluding hydrogens is 394 g/mol. The number of alkyl halides is 2. The lowest BCUT2D eigenvalue weighted by Crippen LogP contribution is -2.19. The first kappa shape index (κ1) is 21.2. The number of para-hydroxylation sites is 2. The number of nitro groups is 1. The molecule has 0 aliphatic heterocycles. The predicted octanol–water partition coefficient (Wildman–Crippen LogP) is 2.78. The van der Waals surface area contributed by atoms with E-state index in [-0.39, 0.29) is 22.8 Å². The lowest BCUT2D eigenvalue weighted by Gasteiger charge is -2.11. The number of benzene rings is 2. The van der Waals surface area contributed by atoms with E-state index >= 15 is 0 Å². The quantitative estimate of drug-likeness (QED) is 0.372. The highest BCUT2D eigenvalue weighted by Crippen LogP contribution is 2.25. The van der Waals surface area contributed by atoms with Crippen LogP contribution >= 0.6 is 0 Å². The summed E-state index contributed by atoms with van der Waals surface area (Å²) in [6, 6.07) is 10.8. The first-order valence-corrected chi connectivity index (χ1v) is 7.89. The zero-order chi connectivity index (χ0) is 21.2. The Labute approximate surface area is 162 Å². The standard InChI is InChI=1S/C17H14F2N4O6/c18-17(19)29-14-7-2-1-6-13(14)22-16(25)10-28-20-9-15(24)21-11-4-3-5-12(8-11)23(26)27/h1-9,17H,10H2,(H,21,24)(H,22,25)/b20-9-. The number of halogens is 2. The van der Waals surface area contributed by atoms with Crippen LogP contribution in [-0.4, -0.2) is 36.2 Å². The third-order valence-corrected chi connectivity index (χ3v) is 3.14. The monoisotopic (exact) mass is 408 g/mol. The van der Waals surface area contributed by atoms with Gasteiger partial charge in [0.25, 0.3) is 17.5 Å². The van der Waals surface area contributed by atoms with E-state index in [2.05, 4.69) is 25.4 Å². The number of carbonyl (C=O) groups is 2. The van der Waals surface area contributed by atoms with Gasteiger partial charge < -0.3 is 20.2 Å². The van der Waals surface area contributed by atoms with Crippen LogP contribution < -0.4 is 15.4 Å². The number of rotatable bonds is 9. The second-order valence-corrected chi connectivity index (χ2v) is 5.23. The minimum absolute atomic E-state index is 0.00814. The molecule has 0 unspecified atom stereocenters. The van der Waals surface area contributed by atoms with Gasteiger partial charge in [-0.05, 0) is 18.2 Å². The molecule has 10 nitrogen and oxygen atoms in total. The number of amides is 2. The van der Waals surface area contributed by atoms with Crippen LogP contribution in [0.25, 0.3) is 0 Å². The van der Waals surface area contributed by atoms with Gasteiger partial charge in [0.05, 0.1) is 10.6 Å². The molecule has 2 aromatic rings.